The fraction of sp³-hybridized carbons (Fsp3) is 1.00. The van der Waals surface area contributed by atoms with Crippen LogP contribution in [-0.4, -0.2) is 61.1 Å². The largest absolute Gasteiger partial charge is 0.281 e. The molecule has 1 rings (SSSR count). The molecule has 0 unspecified atom stereocenters. The molecule has 0 amide bonds. The molecule has 1 saturated heterocycles. The van der Waals surface area contributed by atoms with E-state index in [0.29, 0.717) is 31.9 Å². The summed E-state index contributed by atoms with van der Waals surface area (Å²) < 4.78 is 27.3. The lowest BCUT2D eigenvalue weighted by Gasteiger charge is -2.25. The summed E-state index contributed by atoms with van der Waals surface area (Å²) in [5, 5.41) is 0. The Morgan fingerprint density at radius 1 is 1.38 bits per heavy atom. The maximum absolute atomic E-state index is 12.1. The van der Waals surface area contributed by atoms with Crippen molar-refractivity contribution in [3.8, 4) is 0 Å². The molecule has 1 fully saturated rings. The normalized spacial score (nSPS) is 19.9. The smallest absolute Gasteiger partial charge is 0.195 e. The molecule has 4 nitrogen and oxygen atoms in total. The van der Waals surface area contributed by atoms with Crippen LogP contribution in [0.4, 0.5) is 0 Å². The predicted molar refractivity (Wildman–Crippen MR) is 70.4 cm³/mol. The van der Waals surface area contributed by atoms with Gasteiger partial charge in [0, 0.05) is 38.3 Å². The number of hydrogen-bond donors (Lipinski definition) is 0. The molecule has 1 heterocycles. The molecule has 0 spiro atoms. The van der Waals surface area contributed by atoms with Gasteiger partial charge in [-0.3, -0.25) is 0 Å². The number of thioether (sulfide) groups is 1. The lowest BCUT2D eigenvalue weighted by atomic mass is 10.5. The Labute approximate surface area is 107 Å². The molecular formula is C9H19ClN2O2S2. The first-order chi connectivity index (χ1) is 7.59. The summed E-state index contributed by atoms with van der Waals surface area (Å²) in [6.07, 6.45) is 1.63. The summed E-state index contributed by atoms with van der Waals surface area (Å²) >= 11 is 7.39. The Bertz CT molecular complexity index is 290. The second-order valence-corrected chi connectivity index (χ2v) is 7.37. The van der Waals surface area contributed by atoms with Crippen molar-refractivity contribution in [2.45, 2.75) is 12.8 Å². The van der Waals surface area contributed by atoms with Crippen molar-refractivity contribution in [2.75, 3.05) is 44.1 Å². The van der Waals surface area contributed by atoms with Crippen molar-refractivity contribution in [3.63, 3.8) is 0 Å². The molecule has 0 radical (unpaired) electrons. The van der Waals surface area contributed by atoms with Crippen molar-refractivity contribution >= 4 is 33.6 Å². The van der Waals surface area contributed by atoms with Gasteiger partial charge < -0.3 is 0 Å². The van der Waals surface area contributed by atoms with Gasteiger partial charge in [-0.05, 0) is 18.6 Å². The molecule has 96 valence electrons. The van der Waals surface area contributed by atoms with Gasteiger partial charge in [0.15, 0.2) is 0 Å². The van der Waals surface area contributed by atoms with Crippen LogP contribution in [0.5, 0.6) is 0 Å². The molecule has 0 aliphatic carbocycles. The first-order valence-electron chi connectivity index (χ1n) is 5.44. The summed E-state index contributed by atoms with van der Waals surface area (Å²) in [5.41, 5.74) is 0. The molecule has 16 heavy (non-hydrogen) atoms. The molecule has 0 aromatic rings. The van der Waals surface area contributed by atoms with Gasteiger partial charge in [-0.25, -0.2) is 0 Å². The fourth-order valence-corrected chi connectivity index (χ4v) is 4.11. The highest BCUT2D eigenvalue weighted by molar-refractivity contribution is 7.99. The molecule has 0 atom stereocenters. The molecule has 1 aliphatic heterocycles. The topological polar surface area (TPSA) is 40.6 Å². The Kier molecular flexibility index (Phi) is 6.43. The van der Waals surface area contributed by atoms with Crippen LogP contribution in [0.2, 0.25) is 0 Å². The molecule has 0 aromatic heterocycles. The van der Waals surface area contributed by atoms with E-state index in [1.54, 1.807) is 11.4 Å². The number of alkyl halides is 1. The number of halogens is 1. The molecule has 7 heteroatoms. The first kappa shape index (κ1) is 14.6. The molecular weight excluding hydrogens is 268 g/mol. The van der Waals surface area contributed by atoms with Gasteiger partial charge in [0.1, 0.15) is 0 Å². The van der Waals surface area contributed by atoms with Crippen LogP contribution in [-0.2, 0) is 10.2 Å². The van der Waals surface area contributed by atoms with Crippen molar-refractivity contribution < 1.29 is 8.42 Å². The molecule has 0 bridgehead atoms. The zero-order chi connectivity index (χ0) is 12.0. The SMILES string of the molecule is CN(CCCCl)S(=O)(=O)N1CCCSCC1. The highest BCUT2D eigenvalue weighted by Crippen LogP contribution is 2.15. The van der Waals surface area contributed by atoms with Crippen molar-refractivity contribution in [3.05, 3.63) is 0 Å². The van der Waals surface area contributed by atoms with Crippen LogP contribution in [0.1, 0.15) is 12.8 Å². The molecule has 0 aromatic carbocycles. The fourth-order valence-electron chi connectivity index (χ4n) is 1.55. The Morgan fingerprint density at radius 2 is 2.12 bits per heavy atom. The van der Waals surface area contributed by atoms with E-state index >= 15 is 0 Å². The van der Waals surface area contributed by atoms with Gasteiger partial charge in [0.05, 0.1) is 0 Å². The second kappa shape index (κ2) is 7.06. The van der Waals surface area contributed by atoms with Crippen molar-refractivity contribution in [1.82, 2.24) is 8.61 Å². The zero-order valence-corrected chi connectivity index (χ0v) is 12.0. The Morgan fingerprint density at radius 3 is 2.81 bits per heavy atom. The van der Waals surface area contributed by atoms with Crippen LogP contribution in [0.3, 0.4) is 0 Å². The summed E-state index contributed by atoms with van der Waals surface area (Å²) in [6, 6.07) is 0. The quantitative estimate of drug-likeness (QED) is 0.714. The molecule has 0 N–H and O–H groups in total. The van der Waals surface area contributed by atoms with Gasteiger partial charge >= 0.3 is 0 Å². The van der Waals surface area contributed by atoms with Gasteiger partial charge in [0.25, 0.3) is 10.2 Å². The van der Waals surface area contributed by atoms with Crippen LogP contribution in [0, 0.1) is 0 Å². The third-order valence-electron chi connectivity index (χ3n) is 2.51. The standard InChI is InChI=1S/C9H19ClN2O2S2/c1-11(5-2-4-10)16(13,14)12-6-3-8-15-9-7-12/h2-9H2,1H3. The third-order valence-corrected chi connectivity index (χ3v) is 5.81. The van der Waals surface area contributed by atoms with E-state index < -0.39 is 10.2 Å². The highest BCUT2D eigenvalue weighted by Gasteiger charge is 2.26. The second-order valence-electron chi connectivity index (χ2n) is 3.74. The zero-order valence-electron chi connectivity index (χ0n) is 9.56. The van der Waals surface area contributed by atoms with Gasteiger partial charge in [-0.15, -0.1) is 11.6 Å². The van der Waals surface area contributed by atoms with E-state index in [2.05, 4.69) is 0 Å². The van der Waals surface area contributed by atoms with Crippen LogP contribution in [0.15, 0.2) is 0 Å². The number of rotatable bonds is 5. The van der Waals surface area contributed by atoms with Crippen molar-refractivity contribution in [1.29, 1.82) is 0 Å². The van der Waals surface area contributed by atoms with E-state index in [1.165, 1.54) is 4.31 Å². The van der Waals surface area contributed by atoms with Crippen molar-refractivity contribution in [2.24, 2.45) is 0 Å². The summed E-state index contributed by atoms with van der Waals surface area (Å²) in [5.74, 6) is 2.44. The van der Waals surface area contributed by atoms with E-state index in [1.807, 2.05) is 11.8 Å². The van der Waals surface area contributed by atoms with Crippen LogP contribution >= 0.6 is 23.4 Å². The maximum atomic E-state index is 12.1. The average Bonchev–Trinajstić information content (AvgIpc) is 2.54. The third kappa shape index (κ3) is 4.07. The maximum Gasteiger partial charge on any atom is 0.281 e. The number of hydrogen-bond acceptors (Lipinski definition) is 3. The molecule has 0 saturated carbocycles. The van der Waals surface area contributed by atoms with E-state index in [-0.39, 0.29) is 0 Å². The first-order valence-corrected chi connectivity index (χ1v) is 8.53. The Hall–Kier alpha value is 0.510. The van der Waals surface area contributed by atoms with E-state index in [4.69, 9.17) is 11.6 Å². The van der Waals surface area contributed by atoms with Gasteiger partial charge in [-0.1, -0.05) is 0 Å². The average molecular weight is 287 g/mol. The van der Waals surface area contributed by atoms with Gasteiger partial charge in [-0.2, -0.15) is 28.8 Å². The van der Waals surface area contributed by atoms with E-state index in [9.17, 15) is 8.42 Å². The van der Waals surface area contributed by atoms with E-state index in [0.717, 1.165) is 17.9 Å². The predicted octanol–water partition coefficient (Wildman–Crippen LogP) is 1.23. The Balaban J connectivity index is 2.59. The molecule has 1 aliphatic rings. The summed E-state index contributed by atoms with van der Waals surface area (Å²) in [7, 11) is -1.64. The minimum Gasteiger partial charge on any atom is -0.195 e. The number of nitrogens with zero attached hydrogens (tertiary/aromatic N) is 2. The van der Waals surface area contributed by atoms with Crippen LogP contribution < -0.4 is 0 Å². The lowest BCUT2D eigenvalue weighted by molar-refractivity contribution is 0.372. The summed E-state index contributed by atoms with van der Waals surface area (Å²) in [4.78, 5) is 0. The highest BCUT2D eigenvalue weighted by atomic mass is 35.5. The minimum absolute atomic E-state index is 0.496. The van der Waals surface area contributed by atoms with Gasteiger partial charge in [0.2, 0.25) is 0 Å². The minimum atomic E-state index is -3.26. The summed E-state index contributed by atoms with van der Waals surface area (Å²) in [6.45, 7) is 1.76. The monoisotopic (exact) mass is 286 g/mol. The van der Waals surface area contributed by atoms with Crippen LogP contribution in [0.25, 0.3) is 0 Å². The lowest BCUT2D eigenvalue weighted by Crippen LogP contribution is -2.43.